The van der Waals surface area contributed by atoms with E-state index in [0.717, 1.165) is 22.7 Å². The third-order valence-corrected chi connectivity index (χ3v) is 3.96. The molecule has 0 spiro atoms. The molecule has 96 valence electrons. The van der Waals surface area contributed by atoms with Crippen LogP contribution >= 0.6 is 27.5 Å². The summed E-state index contributed by atoms with van der Waals surface area (Å²) < 4.78 is 1.16. The molecule has 0 radical (unpaired) electrons. The molecule has 1 aromatic rings. The van der Waals surface area contributed by atoms with Crippen molar-refractivity contribution in [3.63, 3.8) is 0 Å². The van der Waals surface area contributed by atoms with E-state index in [4.69, 9.17) is 11.6 Å². The summed E-state index contributed by atoms with van der Waals surface area (Å²) in [7, 11) is 0. The van der Waals surface area contributed by atoms with Gasteiger partial charge in [0.1, 0.15) is 0 Å². The third-order valence-electron chi connectivity index (χ3n) is 3.03. The molecular weight excluding hydrogens is 296 g/mol. The van der Waals surface area contributed by atoms with E-state index in [-0.39, 0.29) is 0 Å². The second-order valence-electron chi connectivity index (χ2n) is 5.18. The number of benzene rings is 1. The van der Waals surface area contributed by atoms with Crippen LogP contribution in [-0.4, -0.2) is 5.88 Å². The zero-order chi connectivity index (χ0) is 12.7. The van der Waals surface area contributed by atoms with E-state index in [1.54, 1.807) is 0 Å². The van der Waals surface area contributed by atoms with Gasteiger partial charge < -0.3 is 0 Å². The Bertz CT molecular complexity index is 322. The molecule has 0 amide bonds. The molecule has 0 aliphatic heterocycles. The molecule has 0 aliphatic rings. The summed E-state index contributed by atoms with van der Waals surface area (Å²) in [4.78, 5) is 0. The Labute approximate surface area is 119 Å². The van der Waals surface area contributed by atoms with Crippen LogP contribution in [0.3, 0.4) is 0 Å². The van der Waals surface area contributed by atoms with E-state index >= 15 is 0 Å². The summed E-state index contributed by atoms with van der Waals surface area (Å²) in [5.41, 5.74) is 1.38. The number of alkyl halides is 1. The minimum absolute atomic E-state index is 0.615. The first-order chi connectivity index (χ1) is 8.11. The monoisotopic (exact) mass is 316 g/mol. The van der Waals surface area contributed by atoms with Gasteiger partial charge >= 0.3 is 0 Å². The average molecular weight is 318 g/mol. The highest BCUT2D eigenvalue weighted by atomic mass is 79.9. The van der Waals surface area contributed by atoms with Gasteiger partial charge in [0.15, 0.2) is 0 Å². The fraction of sp³-hybridized carbons (Fsp3) is 0.600. The second kappa shape index (κ2) is 8.16. The van der Waals surface area contributed by atoms with Gasteiger partial charge in [0.2, 0.25) is 0 Å². The zero-order valence-electron chi connectivity index (χ0n) is 10.8. The molecule has 1 atom stereocenters. The maximum absolute atomic E-state index is 6.06. The van der Waals surface area contributed by atoms with Crippen LogP contribution in [0, 0.1) is 11.8 Å². The van der Waals surface area contributed by atoms with Crippen molar-refractivity contribution in [1.29, 1.82) is 0 Å². The lowest BCUT2D eigenvalue weighted by atomic mass is 9.94. The van der Waals surface area contributed by atoms with Gasteiger partial charge in [-0.2, -0.15) is 0 Å². The summed E-state index contributed by atoms with van der Waals surface area (Å²) in [6.45, 7) is 4.56. The van der Waals surface area contributed by atoms with Crippen molar-refractivity contribution in [2.24, 2.45) is 11.8 Å². The van der Waals surface area contributed by atoms with Gasteiger partial charge in [0.05, 0.1) is 0 Å². The van der Waals surface area contributed by atoms with Gasteiger partial charge in [0.25, 0.3) is 0 Å². The van der Waals surface area contributed by atoms with Gasteiger partial charge in [-0.15, -0.1) is 11.6 Å². The Morgan fingerprint density at radius 2 is 2.00 bits per heavy atom. The van der Waals surface area contributed by atoms with Gasteiger partial charge in [0, 0.05) is 10.4 Å². The predicted molar refractivity (Wildman–Crippen MR) is 80.7 cm³/mol. The standard InChI is InChI=1S/C15H22BrCl/c1-12(2)5-3-7-14(11-17)9-13-6-4-8-15(16)10-13/h4,6,8,10,12,14H,3,5,7,9,11H2,1-2H3. The minimum Gasteiger partial charge on any atom is -0.126 e. The summed E-state index contributed by atoms with van der Waals surface area (Å²) in [6.07, 6.45) is 4.95. The first kappa shape index (κ1) is 15.0. The fourth-order valence-corrected chi connectivity index (χ4v) is 2.76. The van der Waals surface area contributed by atoms with Crippen LogP contribution in [0.5, 0.6) is 0 Å². The number of hydrogen-bond donors (Lipinski definition) is 0. The van der Waals surface area contributed by atoms with Crippen LogP contribution in [0.25, 0.3) is 0 Å². The van der Waals surface area contributed by atoms with Crippen LogP contribution in [0.1, 0.15) is 38.7 Å². The second-order valence-corrected chi connectivity index (χ2v) is 6.40. The van der Waals surface area contributed by atoms with E-state index in [0.29, 0.717) is 5.92 Å². The Kier molecular flexibility index (Phi) is 7.22. The Balaban J connectivity index is 2.41. The van der Waals surface area contributed by atoms with Crippen LogP contribution in [0.15, 0.2) is 28.7 Å². The van der Waals surface area contributed by atoms with E-state index in [2.05, 4.69) is 54.0 Å². The number of halogens is 2. The van der Waals surface area contributed by atoms with Crippen molar-refractivity contribution >= 4 is 27.5 Å². The lowest BCUT2D eigenvalue weighted by Crippen LogP contribution is -2.07. The van der Waals surface area contributed by atoms with Crippen molar-refractivity contribution in [1.82, 2.24) is 0 Å². The van der Waals surface area contributed by atoms with Gasteiger partial charge in [-0.25, -0.2) is 0 Å². The van der Waals surface area contributed by atoms with Crippen molar-refractivity contribution in [2.75, 3.05) is 5.88 Å². The summed E-state index contributed by atoms with van der Waals surface area (Å²) in [6, 6.07) is 8.55. The van der Waals surface area contributed by atoms with Crippen LogP contribution in [0.2, 0.25) is 0 Å². The molecule has 1 aromatic carbocycles. The van der Waals surface area contributed by atoms with Crippen molar-refractivity contribution in [2.45, 2.75) is 39.5 Å². The van der Waals surface area contributed by atoms with Crippen molar-refractivity contribution in [3.8, 4) is 0 Å². The van der Waals surface area contributed by atoms with Gasteiger partial charge in [-0.3, -0.25) is 0 Å². The fourth-order valence-electron chi connectivity index (χ4n) is 2.05. The SMILES string of the molecule is CC(C)CCCC(CCl)Cc1cccc(Br)c1. The van der Waals surface area contributed by atoms with E-state index in [1.807, 2.05) is 0 Å². The maximum Gasteiger partial charge on any atom is 0.0254 e. The number of hydrogen-bond acceptors (Lipinski definition) is 0. The molecule has 17 heavy (non-hydrogen) atoms. The zero-order valence-corrected chi connectivity index (χ0v) is 13.1. The predicted octanol–water partition coefficient (Wildman–Crippen LogP) is 5.67. The topological polar surface area (TPSA) is 0 Å². The molecule has 0 nitrogen and oxygen atoms in total. The lowest BCUT2D eigenvalue weighted by molar-refractivity contribution is 0.459. The highest BCUT2D eigenvalue weighted by molar-refractivity contribution is 9.10. The molecule has 0 N–H and O–H groups in total. The van der Waals surface area contributed by atoms with Gasteiger partial charge in [-0.05, 0) is 42.4 Å². The van der Waals surface area contributed by atoms with Crippen molar-refractivity contribution in [3.05, 3.63) is 34.3 Å². The third kappa shape index (κ3) is 6.47. The lowest BCUT2D eigenvalue weighted by Gasteiger charge is -2.14. The van der Waals surface area contributed by atoms with Crippen LogP contribution in [0.4, 0.5) is 0 Å². The highest BCUT2D eigenvalue weighted by Gasteiger charge is 2.09. The Morgan fingerprint density at radius 3 is 2.59 bits per heavy atom. The molecule has 1 unspecified atom stereocenters. The first-order valence-electron chi connectivity index (χ1n) is 6.42. The molecule has 2 heteroatoms. The molecule has 0 saturated heterocycles. The minimum atomic E-state index is 0.615. The van der Waals surface area contributed by atoms with Crippen LogP contribution < -0.4 is 0 Å². The normalized spacial score (nSPS) is 13.0. The maximum atomic E-state index is 6.06. The summed E-state index contributed by atoms with van der Waals surface area (Å²) in [5, 5.41) is 0. The summed E-state index contributed by atoms with van der Waals surface area (Å²) >= 11 is 9.57. The Hall–Kier alpha value is -0.0100. The highest BCUT2D eigenvalue weighted by Crippen LogP contribution is 2.20. The summed E-state index contributed by atoms with van der Waals surface area (Å²) in [5.74, 6) is 2.19. The molecule has 0 heterocycles. The molecule has 0 saturated carbocycles. The molecule has 0 aliphatic carbocycles. The first-order valence-corrected chi connectivity index (χ1v) is 7.75. The van der Waals surface area contributed by atoms with Crippen LogP contribution in [-0.2, 0) is 6.42 Å². The molecule has 1 rings (SSSR count). The van der Waals surface area contributed by atoms with E-state index in [1.165, 1.54) is 24.8 Å². The number of rotatable bonds is 7. The molecular formula is C15H22BrCl. The quantitative estimate of drug-likeness (QED) is 0.568. The van der Waals surface area contributed by atoms with E-state index < -0.39 is 0 Å². The smallest absolute Gasteiger partial charge is 0.0254 e. The Morgan fingerprint density at radius 1 is 1.24 bits per heavy atom. The largest absolute Gasteiger partial charge is 0.126 e. The van der Waals surface area contributed by atoms with Gasteiger partial charge in [-0.1, -0.05) is 54.8 Å². The molecule has 0 fully saturated rings. The molecule has 0 bridgehead atoms. The van der Waals surface area contributed by atoms with Crippen molar-refractivity contribution < 1.29 is 0 Å². The van der Waals surface area contributed by atoms with E-state index in [9.17, 15) is 0 Å². The average Bonchev–Trinajstić information content (AvgIpc) is 2.27. The molecule has 0 aromatic heterocycles.